The minimum absolute atomic E-state index is 0.312. The lowest BCUT2D eigenvalue weighted by molar-refractivity contribution is 0.0906. The summed E-state index contributed by atoms with van der Waals surface area (Å²) in [5, 5.41) is 13.5. The standard InChI is InChI=1S/C18H30N2O2/c1-3-22-18-7-5-4-6-16(18)12-19-13-17(21)14-20-10-8-15(2)9-11-20/h4-7,15,17,19,21H,3,8-14H2,1-2H3. The van der Waals surface area contributed by atoms with E-state index in [1.54, 1.807) is 0 Å². The van der Waals surface area contributed by atoms with Crippen molar-refractivity contribution in [2.24, 2.45) is 5.92 Å². The summed E-state index contributed by atoms with van der Waals surface area (Å²) in [4.78, 5) is 2.38. The fraction of sp³-hybridized carbons (Fsp3) is 0.667. The lowest BCUT2D eigenvalue weighted by atomic mass is 9.99. The molecule has 4 heteroatoms. The van der Waals surface area contributed by atoms with E-state index in [4.69, 9.17) is 4.74 Å². The van der Waals surface area contributed by atoms with Crippen LogP contribution in [0.2, 0.25) is 0 Å². The predicted molar refractivity (Wildman–Crippen MR) is 90.2 cm³/mol. The molecule has 1 saturated heterocycles. The molecule has 0 aromatic heterocycles. The Kier molecular flexibility index (Phi) is 7.16. The lowest BCUT2D eigenvalue weighted by Gasteiger charge is -2.31. The van der Waals surface area contributed by atoms with E-state index in [-0.39, 0.29) is 6.10 Å². The third-order valence-electron chi connectivity index (χ3n) is 4.31. The minimum Gasteiger partial charge on any atom is -0.494 e. The molecule has 1 fully saturated rings. The maximum absolute atomic E-state index is 10.2. The van der Waals surface area contributed by atoms with Crippen molar-refractivity contribution in [3.8, 4) is 5.75 Å². The predicted octanol–water partition coefficient (Wildman–Crippen LogP) is 2.27. The fourth-order valence-corrected chi connectivity index (χ4v) is 2.93. The summed E-state index contributed by atoms with van der Waals surface area (Å²) in [7, 11) is 0. The Morgan fingerprint density at radius 2 is 2.05 bits per heavy atom. The van der Waals surface area contributed by atoms with Gasteiger partial charge >= 0.3 is 0 Å². The third kappa shape index (κ3) is 5.59. The fourth-order valence-electron chi connectivity index (χ4n) is 2.93. The van der Waals surface area contributed by atoms with Crippen molar-refractivity contribution in [2.75, 3.05) is 32.8 Å². The Morgan fingerprint density at radius 1 is 1.32 bits per heavy atom. The molecule has 1 unspecified atom stereocenters. The molecule has 0 bridgehead atoms. The summed E-state index contributed by atoms with van der Waals surface area (Å²) in [5.41, 5.74) is 1.14. The van der Waals surface area contributed by atoms with Crippen LogP contribution in [-0.2, 0) is 6.54 Å². The number of aliphatic hydroxyl groups is 1. The van der Waals surface area contributed by atoms with Gasteiger partial charge in [0.2, 0.25) is 0 Å². The number of nitrogens with zero attached hydrogens (tertiary/aromatic N) is 1. The van der Waals surface area contributed by atoms with Crippen LogP contribution in [0.15, 0.2) is 24.3 Å². The first-order chi connectivity index (χ1) is 10.7. The van der Waals surface area contributed by atoms with E-state index >= 15 is 0 Å². The minimum atomic E-state index is -0.312. The van der Waals surface area contributed by atoms with Crippen LogP contribution in [0.1, 0.15) is 32.3 Å². The summed E-state index contributed by atoms with van der Waals surface area (Å²) < 4.78 is 5.62. The second kappa shape index (κ2) is 9.13. The molecule has 4 nitrogen and oxygen atoms in total. The van der Waals surface area contributed by atoms with Crippen molar-refractivity contribution >= 4 is 0 Å². The number of likely N-dealkylation sites (tertiary alicyclic amines) is 1. The van der Waals surface area contributed by atoms with Crippen LogP contribution in [0.25, 0.3) is 0 Å². The van der Waals surface area contributed by atoms with E-state index < -0.39 is 0 Å². The van der Waals surface area contributed by atoms with Gasteiger partial charge in [-0.2, -0.15) is 0 Å². The SMILES string of the molecule is CCOc1ccccc1CNCC(O)CN1CCC(C)CC1. The number of rotatable bonds is 8. The zero-order chi connectivity index (χ0) is 15.8. The van der Waals surface area contributed by atoms with Gasteiger partial charge in [-0.15, -0.1) is 0 Å². The molecule has 124 valence electrons. The zero-order valence-corrected chi connectivity index (χ0v) is 13.9. The molecule has 0 aliphatic carbocycles. The summed E-state index contributed by atoms with van der Waals surface area (Å²) in [6.07, 6.45) is 2.19. The van der Waals surface area contributed by atoms with Gasteiger partial charge in [0.05, 0.1) is 12.7 Å². The van der Waals surface area contributed by atoms with Gasteiger partial charge < -0.3 is 20.1 Å². The molecule has 1 aromatic carbocycles. The van der Waals surface area contributed by atoms with Crippen molar-refractivity contribution in [3.05, 3.63) is 29.8 Å². The number of nitrogens with one attached hydrogen (secondary N) is 1. The van der Waals surface area contributed by atoms with E-state index in [1.807, 2.05) is 25.1 Å². The first-order valence-electron chi connectivity index (χ1n) is 8.51. The second-order valence-corrected chi connectivity index (χ2v) is 6.31. The van der Waals surface area contributed by atoms with Crippen LogP contribution in [0.5, 0.6) is 5.75 Å². The van der Waals surface area contributed by atoms with Crippen molar-refractivity contribution < 1.29 is 9.84 Å². The summed E-state index contributed by atoms with van der Waals surface area (Å²) in [6, 6.07) is 8.06. The zero-order valence-electron chi connectivity index (χ0n) is 13.9. The van der Waals surface area contributed by atoms with E-state index in [2.05, 4.69) is 23.2 Å². The van der Waals surface area contributed by atoms with E-state index in [1.165, 1.54) is 12.8 Å². The molecule has 1 atom stereocenters. The van der Waals surface area contributed by atoms with Gasteiger partial charge in [0.15, 0.2) is 0 Å². The van der Waals surface area contributed by atoms with Gasteiger partial charge in [0.25, 0.3) is 0 Å². The highest BCUT2D eigenvalue weighted by Crippen LogP contribution is 2.18. The number of ether oxygens (including phenoxy) is 1. The number of piperidine rings is 1. The number of aliphatic hydroxyl groups excluding tert-OH is 1. The highest BCUT2D eigenvalue weighted by Gasteiger charge is 2.18. The molecule has 1 aliphatic rings. The molecule has 1 heterocycles. The summed E-state index contributed by atoms with van der Waals surface area (Å²) in [6.45, 7) is 9.33. The van der Waals surface area contributed by atoms with Crippen molar-refractivity contribution in [2.45, 2.75) is 39.3 Å². The van der Waals surface area contributed by atoms with Crippen LogP contribution in [0.3, 0.4) is 0 Å². The van der Waals surface area contributed by atoms with Gasteiger partial charge in [-0.05, 0) is 44.8 Å². The van der Waals surface area contributed by atoms with Crippen molar-refractivity contribution in [1.29, 1.82) is 0 Å². The number of β-amino-alcohol motifs (C(OH)–C–C–N with tert-alkyl or cyclic N) is 1. The number of hydrogen-bond acceptors (Lipinski definition) is 4. The molecule has 2 rings (SSSR count). The molecule has 0 radical (unpaired) electrons. The van der Waals surface area contributed by atoms with E-state index in [9.17, 15) is 5.11 Å². The van der Waals surface area contributed by atoms with E-state index in [0.717, 1.165) is 43.4 Å². The quantitative estimate of drug-likeness (QED) is 0.773. The maximum Gasteiger partial charge on any atom is 0.123 e. The summed E-state index contributed by atoms with van der Waals surface area (Å²) >= 11 is 0. The first-order valence-corrected chi connectivity index (χ1v) is 8.51. The molecular formula is C18H30N2O2. The topological polar surface area (TPSA) is 44.7 Å². The van der Waals surface area contributed by atoms with Gasteiger partial charge in [0.1, 0.15) is 5.75 Å². The highest BCUT2D eigenvalue weighted by atomic mass is 16.5. The molecule has 0 saturated carbocycles. The Hall–Kier alpha value is -1.10. The smallest absolute Gasteiger partial charge is 0.123 e. The Morgan fingerprint density at radius 3 is 2.77 bits per heavy atom. The van der Waals surface area contributed by atoms with Crippen LogP contribution < -0.4 is 10.1 Å². The third-order valence-corrected chi connectivity index (χ3v) is 4.31. The van der Waals surface area contributed by atoms with Gasteiger partial charge in [-0.3, -0.25) is 0 Å². The largest absolute Gasteiger partial charge is 0.494 e. The molecular weight excluding hydrogens is 276 g/mol. The molecule has 22 heavy (non-hydrogen) atoms. The first kappa shape index (κ1) is 17.3. The number of benzene rings is 1. The highest BCUT2D eigenvalue weighted by molar-refractivity contribution is 5.33. The second-order valence-electron chi connectivity index (χ2n) is 6.31. The molecule has 2 N–H and O–H groups in total. The lowest BCUT2D eigenvalue weighted by Crippen LogP contribution is -2.41. The number of para-hydroxylation sites is 1. The van der Waals surface area contributed by atoms with Crippen LogP contribution >= 0.6 is 0 Å². The van der Waals surface area contributed by atoms with Gasteiger partial charge in [0, 0.05) is 25.2 Å². The van der Waals surface area contributed by atoms with Crippen LogP contribution in [0.4, 0.5) is 0 Å². The van der Waals surface area contributed by atoms with Crippen LogP contribution in [-0.4, -0.2) is 48.9 Å². The molecule has 1 aliphatic heterocycles. The Labute approximate surface area is 134 Å². The van der Waals surface area contributed by atoms with E-state index in [0.29, 0.717) is 13.2 Å². The Bertz CT molecular complexity index is 431. The van der Waals surface area contributed by atoms with Gasteiger partial charge in [-0.25, -0.2) is 0 Å². The molecule has 0 spiro atoms. The Balaban J connectivity index is 1.69. The van der Waals surface area contributed by atoms with Gasteiger partial charge in [-0.1, -0.05) is 25.1 Å². The average Bonchev–Trinajstić information content (AvgIpc) is 2.51. The summed E-state index contributed by atoms with van der Waals surface area (Å²) in [5.74, 6) is 1.76. The van der Waals surface area contributed by atoms with Crippen molar-refractivity contribution in [3.63, 3.8) is 0 Å². The van der Waals surface area contributed by atoms with Crippen LogP contribution in [0, 0.1) is 5.92 Å². The monoisotopic (exact) mass is 306 g/mol. The molecule has 0 amide bonds. The number of hydrogen-bond donors (Lipinski definition) is 2. The van der Waals surface area contributed by atoms with Crippen molar-refractivity contribution in [1.82, 2.24) is 10.2 Å². The molecule has 1 aromatic rings. The normalized spacial score (nSPS) is 18.3. The average molecular weight is 306 g/mol. The maximum atomic E-state index is 10.2.